The fourth-order valence-corrected chi connectivity index (χ4v) is 2.99. The van der Waals surface area contributed by atoms with E-state index < -0.39 is 10.0 Å². The lowest BCUT2D eigenvalue weighted by atomic mass is 10.3. The van der Waals surface area contributed by atoms with Crippen LogP contribution in [0.3, 0.4) is 0 Å². The Morgan fingerprint density at radius 1 is 1.56 bits per heavy atom. The van der Waals surface area contributed by atoms with Gasteiger partial charge >= 0.3 is 0 Å². The van der Waals surface area contributed by atoms with Crippen molar-refractivity contribution in [1.29, 1.82) is 0 Å². The molecule has 2 heterocycles. The monoisotopic (exact) mass is 257 g/mol. The van der Waals surface area contributed by atoms with Gasteiger partial charge in [-0.3, -0.25) is 0 Å². The molecule has 0 aliphatic carbocycles. The lowest BCUT2D eigenvalue weighted by Crippen LogP contribution is -2.26. The molecular weight excluding hydrogens is 246 g/mol. The molecule has 0 saturated carbocycles. The smallest absolute Gasteiger partial charge is 0.260 e. The van der Waals surface area contributed by atoms with Crippen molar-refractivity contribution in [2.75, 3.05) is 7.05 Å². The molecule has 2 aromatic rings. The topological polar surface area (TPSA) is 66.1 Å². The van der Waals surface area contributed by atoms with E-state index in [2.05, 4.69) is 9.97 Å². The van der Waals surface area contributed by atoms with Crippen LogP contribution < -0.4 is 0 Å². The number of rotatable bonds is 4. The Labute approximate surface area is 97.8 Å². The van der Waals surface area contributed by atoms with Gasteiger partial charge in [-0.1, -0.05) is 0 Å². The summed E-state index contributed by atoms with van der Waals surface area (Å²) in [5.41, 5.74) is 0.982. The highest BCUT2D eigenvalue weighted by Crippen LogP contribution is 2.15. The number of aromatic amines is 1. The summed E-state index contributed by atoms with van der Waals surface area (Å²) in [5, 5.41) is 3.97. The van der Waals surface area contributed by atoms with Crippen LogP contribution in [0.15, 0.2) is 34.4 Å². The van der Waals surface area contributed by atoms with Crippen molar-refractivity contribution in [2.45, 2.75) is 11.6 Å². The minimum Gasteiger partial charge on any atom is -0.335 e. The Kier molecular flexibility index (Phi) is 3.08. The summed E-state index contributed by atoms with van der Waals surface area (Å²) in [6.45, 7) is 0.366. The second kappa shape index (κ2) is 4.36. The van der Waals surface area contributed by atoms with Crippen LogP contribution in [-0.4, -0.2) is 29.7 Å². The fourth-order valence-electron chi connectivity index (χ4n) is 1.28. The Bertz CT molecular complexity index is 531. The number of nitrogens with zero attached hydrogens (tertiary/aromatic N) is 2. The van der Waals surface area contributed by atoms with Gasteiger partial charge in [0.2, 0.25) is 0 Å². The molecule has 2 rings (SSSR count). The third-order valence-corrected chi connectivity index (χ3v) is 4.61. The molecule has 0 aliphatic rings. The van der Waals surface area contributed by atoms with E-state index in [1.54, 1.807) is 18.4 Å². The third-order valence-electron chi connectivity index (χ3n) is 2.15. The summed E-state index contributed by atoms with van der Waals surface area (Å²) in [5.74, 6) is 0. The molecule has 7 heteroatoms. The summed E-state index contributed by atoms with van der Waals surface area (Å²) < 4.78 is 25.2. The van der Waals surface area contributed by atoms with E-state index in [0.29, 0.717) is 6.54 Å². The highest BCUT2D eigenvalue weighted by Gasteiger charge is 2.22. The van der Waals surface area contributed by atoms with Gasteiger partial charge in [0.15, 0.2) is 5.03 Å². The summed E-state index contributed by atoms with van der Waals surface area (Å²) in [6, 6.07) is 1.91. The van der Waals surface area contributed by atoms with Crippen LogP contribution in [0.25, 0.3) is 0 Å². The van der Waals surface area contributed by atoms with Crippen LogP contribution in [0.1, 0.15) is 5.56 Å². The summed E-state index contributed by atoms with van der Waals surface area (Å²) in [6.07, 6.45) is 2.66. The molecule has 0 bridgehead atoms. The van der Waals surface area contributed by atoms with Crippen LogP contribution in [0.2, 0.25) is 0 Å². The van der Waals surface area contributed by atoms with Crippen molar-refractivity contribution >= 4 is 21.4 Å². The van der Waals surface area contributed by atoms with Crippen LogP contribution in [0.4, 0.5) is 0 Å². The minimum absolute atomic E-state index is 0.116. The zero-order chi connectivity index (χ0) is 11.6. The molecule has 0 radical (unpaired) electrons. The number of H-pyrrole nitrogens is 1. The number of aromatic nitrogens is 2. The van der Waals surface area contributed by atoms with Gasteiger partial charge in [-0.2, -0.15) is 15.6 Å². The molecule has 0 fully saturated rings. The Morgan fingerprint density at radius 3 is 2.94 bits per heavy atom. The lowest BCUT2D eigenvalue weighted by molar-refractivity contribution is 0.465. The predicted molar refractivity (Wildman–Crippen MR) is 61.6 cm³/mol. The number of nitrogens with one attached hydrogen (secondary N) is 1. The van der Waals surface area contributed by atoms with Gasteiger partial charge in [0, 0.05) is 13.6 Å². The maximum Gasteiger partial charge on any atom is 0.260 e. The van der Waals surface area contributed by atoms with Crippen LogP contribution in [0.5, 0.6) is 0 Å². The first-order valence-corrected chi connectivity index (χ1v) is 6.95. The predicted octanol–water partition coefficient (Wildman–Crippen LogP) is 1.29. The Morgan fingerprint density at radius 2 is 2.38 bits per heavy atom. The second-order valence-corrected chi connectivity index (χ2v) is 6.10. The van der Waals surface area contributed by atoms with E-state index in [-0.39, 0.29) is 5.03 Å². The van der Waals surface area contributed by atoms with E-state index >= 15 is 0 Å². The Balaban J connectivity index is 2.19. The van der Waals surface area contributed by atoms with E-state index in [0.717, 1.165) is 5.56 Å². The molecule has 0 atom stereocenters. The first-order chi connectivity index (χ1) is 7.60. The van der Waals surface area contributed by atoms with Crippen molar-refractivity contribution in [3.8, 4) is 0 Å². The van der Waals surface area contributed by atoms with Crippen LogP contribution in [0, 0.1) is 0 Å². The average molecular weight is 257 g/mol. The molecule has 0 aromatic carbocycles. The van der Waals surface area contributed by atoms with E-state index in [9.17, 15) is 8.42 Å². The standard InChI is InChI=1S/C9H11N3O2S2/c1-12(5-8-2-3-15-6-8)16(13,14)9-4-10-7-11-9/h2-4,6-7H,5H2,1H3,(H,10,11). The quantitative estimate of drug-likeness (QED) is 0.897. The van der Waals surface area contributed by atoms with Crippen molar-refractivity contribution in [1.82, 2.24) is 14.3 Å². The van der Waals surface area contributed by atoms with Crippen LogP contribution >= 0.6 is 11.3 Å². The zero-order valence-corrected chi connectivity index (χ0v) is 10.3. The first kappa shape index (κ1) is 11.3. The van der Waals surface area contributed by atoms with Crippen LogP contribution in [-0.2, 0) is 16.6 Å². The number of thiophene rings is 1. The molecule has 0 spiro atoms. The average Bonchev–Trinajstić information content (AvgIpc) is 2.89. The first-order valence-electron chi connectivity index (χ1n) is 4.56. The van der Waals surface area contributed by atoms with Gasteiger partial charge in [0.1, 0.15) is 0 Å². The van der Waals surface area contributed by atoms with Crippen molar-refractivity contribution in [3.05, 3.63) is 34.9 Å². The number of sulfonamides is 1. The maximum atomic E-state index is 12.0. The number of imidazole rings is 1. The second-order valence-electron chi connectivity index (χ2n) is 3.31. The highest BCUT2D eigenvalue weighted by molar-refractivity contribution is 7.89. The molecule has 16 heavy (non-hydrogen) atoms. The van der Waals surface area contributed by atoms with Gasteiger partial charge in [-0.05, 0) is 22.4 Å². The van der Waals surface area contributed by atoms with Crippen molar-refractivity contribution < 1.29 is 8.42 Å². The fraction of sp³-hybridized carbons (Fsp3) is 0.222. The zero-order valence-electron chi connectivity index (χ0n) is 8.62. The maximum absolute atomic E-state index is 12.0. The molecule has 86 valence electrons. The Hall–Kier alpha value is -1.18. The van der Waals surface area contributed by atoms with E-state index in [4.69, 9.17) is 0 Å². The summed E-state index contributed by atoms with van der Waals surface area (Å²) in [7, 11) is -1.90. The largest absolute Gasteiger partial charge is 0.335 e. The molecule has 2 aromatic heterocycles. The molecule has 0 unspecified atom stereocenters. The molecular formula is C9H11N3O2S2. The molecule has 1 N–H and O–H groups in total. The lowest BCUT2D eigenvalue weighted by Gasteiger charge is -2.14. The number of hydrogen-bond donors (Lipinski definition) is 1. The van der Waals surface area contributed by atoms with Crippen molar-refractivity contribution in [3.63, 3.8) is 0 Å². The van der Waals surface area contributed by atoms with Gasteiger partial charge < -0.3 is 4.98 Å². The molecule has 0 amide bonds. The number of hydrogen-bond acceptors (Lipinski definition) is 4. The molecule has 0 aliphatic heterocycles. The minimum atomic E-state index is -3.45. The van der Waals surface area contributed by atoms with Gasteiger partial charge in [-0.15, -0.1) is 0 Å². The van der Waals surface area contributed by atoms with Gasteiger partial charge in [0.05, 0.1) is 12.5 Å². The highest BCUT2D eigenvalue weighted by atomic mass is 32.2. The molecule has 5 nitrogen and oxygen atoms in total. The van der Waals surface area contributed by atoms with Crippen molar-refractivity contribution in [2.24, 2.45) is 0 Å². The SMILES string of the molecule is CN(Cc1ccsc1)S(=O)(=O)c1cnc[nH]1. The molecule has 0 saturated heterocycles. The van der Waals surface area contributed by atoms with E-state index in [1.165, 1.54) is 16.8 Å². The summed E-state index contributed by atoms with van der Waals surface area (Å²) >= 11 is 1.55. The van der Waals surface area contributed by atoms with Gasteiger partial charge in [-0.25, -0.2) is 13.4 Å². The normalized spacial score (nSPS) is 12.1. The summed E-state index contributed by atoms with van der Waals surface area (Å²) in [4.78, 5) is 6.31. The van der Waals surface area contributed by atoms with Gasteiger partial charge in [0.25, 0.3) is 10.0 Å². The third kappa shape index (κ3) is 2.16. The van der Waals surface area contributed by atoms with E-state index in [1.807, 2.05) is 16.8 Å².